The second-order valence-electron chi connectivity index (χ2n) is 5.42. The average Bonchev–Trinajstić information content (AvgIpc) is 2.99. The molecule has 0 spiro atoms. The van der Waals surface area contributed by atoms with Gasteiger partial charge in [0.15, 0.2) is 0 Å². The Morgan fingerprint density at radius 3 is 2.57 bits per heavy atom. The highest BCUT2D eigenvalue weighted by molar-refractivity contribution is 5.85. The topological polar surface area (TPSA) is 59.6 Å². The van der Waals surface area contributed by atoms with Gasteiger partial charge in [0.05, 0.1) is 19.9 Å². The Bertz CT molecular complexity index is 484. The van der Waals surface area contributed by atoms with Gasteiger partial charge in [-0.05, 0) is 31.9 Å². The molecule has 1 amide bonds. The van der Waals surface area contributed by atoms with E-state index in [1.54, 1.807) is 14.2 Å². The van der Waals surface area contributed by atoms with Crippen LogP contribution in [0.4, 0.5) is 5.69 Å². The molecule has 1 fully saturated rings. The first-order valence-corrected chi connectivity index (χ1v) is 7.43. The minimum Gasteiger partial charge on any atom is -0.497 e. The molecular weight excluding hydrogens is 268 g/mol. The molecule has 0 bridgehead atoms. The van der Waals surface area contributed by atoms with Crippen molar-refractivity contribution in [3.63, 3.8) is 0 Å². The standard InChI is InChI=1S/C16H24N2O3/c1-11(16(19)18-12-6-4-5-7-12)17-14-10-13(20-2)8-9-15(14)21-3/h8-12,17H,4-7H2,1-3H3,(H,18,19). The Kier molecular flexibility index (Phi) is 5.31. The summed E-state index contributed by atoms with van der Waals surface area (Å²) in [7, 11) is 3.22. The molecule has 21 heavy (non-hydrogen) atoms. The number of methoxy groups -OCH3 is 2. The number of nitrogens with one attached hydrogen (secondary N) is 2. The maximum atomic E-state index is 12.2. The Morgan fingerprint density at radius 1 is 1.24 bits per heavy atom. The van der Waals surface area contributed by atoms with Gasteiger partial charge < -0.3 is 20.1 Å². The Hall–Kier alpha value is -1.91. The van der Waals surface area contributed by atoms with Crippen LogP contribution in [0.1, 0.15) is 32.6 Å². The summed E-state index contributed by atoms with van der Waals surface area (Å²) in [4.78, 5) is 12.2. The van der Waals surface area contributed by atoms with Crippen LogP contribution in [0.3, 0.4) is 0 Å². The van der Waals surface area contributed by atoms with Crippen molar-refractivity contribution in [3.8, 4) is 11.5 Å². The van der Waals surface area contributed by atoms with Gasteiger partial charge in [-0.3, -0.25) is 4.79 Å². The molecule has 0 aliphatic heterocycles. The lowest BCUT2D eigenvalue weighted by atomic mass is 10.2. The van der Waals surface area contributed by atoms with Crippen LogP contribution in [0.25, 0.3) is 0 Å². The molecule has 0 saturated heterocycles. The third-order valence-corrected chi connectivity index (χ3v) is 3.87. The number of ether oxygens (including phenoxy) is 2. The van der Waals surface area contributed by atoms with E-state index in [1.165, 1.54) is 12.8 Å². The van der Waals surface area contributed by atoms with Crippen LogP contribution >= 0.6 is 0 Å². The molecule has 1 saturated carbocycles. The van der Waals surface area contributed by atoms with Crippen molar-refractivity contribution in [1.29, 1.82) is 0 Å². The molecule has 0 heterocycles. The zero-order valence-corrected chi connectivity index (χ0v) is 12.9. The van der Waals surface area contributed by atoms with E-state index in [2.05, 4.69) is 10.6 Å². The molecular formula is C16H24N2O3. The molecule has 0 radical (unpaired) electrons. The molecule has 1 aromatic rings. The lowest BCUT2D eigenvalue weighted by Crippen LogP contribution is -2.42. The van der Waals surface area contributed by atoms with E-state index in [-0.39, 0.29) is 11.9 Å². The van der Waals surface area contributed by atoms with Crippen LogP contribution in [0.15, 0.2) is 18.2 Å². The van der Waals surface area contributed by atoms with Crippen molar-refractivity contribution in [2.75, 3.05) is 19.5 Å². The van der Waals surface area contributed by atoms with E-state index in [9.17, 15) is 4.79 Å². The van der Waals surface area contributed by atoms with Crippen LogP contribution < -0.4 is 20.1 Å². The summed E-state index contributed by atoms with van der Waals surface area (Å²) >= 11 is 0. The molecule has 1 aliphatic rings. The van der Waals surface area contributed by atoms with Crippen LogP contribution in [0.5, 0.6) is 11.5 Å². The van der Waals surface area contributed by atoms with E-state index < -0.39 is 0 Å². The lowest BCUT2D eigenvalue weighted by molar-refractivity contribution is -0.122. The average molecular weight is 292 g/mol. The highest BCUT2D eigenvalue weighted by Gasteiger charge is 2.21. The summed E-state index contributed by atoms with van der Waals surface area (Å²) in [6.07, 6.45) is 4.58. The number of benzene rings is 1. The number of hydrogen-bond acceptors (Lipinski definition) is 4. The second-order valence-corrected chi connectivity index (χ2v) is 5.42. The van der Waals surface area contributed by atoms with E-state index in [4.69, 9.17) is 9.47 Å². The normalized spacial score (nSPS) is 16.3. The van der Waals surface area contributed by atoms with Crippen molar-refractivity contribution in [3.05, 3.63) is 18.2 Å². The summed E-state index contributed by atoms with van der Waals surface area (Å²) in [6.45, 7) is 1.85. The van der Waals surface area contributed by atoms with Gasteiger partial charge >= 0.3 is 0 Å². The first kappa shape index (κ1) is 15.5. The number of anilines is 1. The van der Waals surface area contributed by atoms with Gasteiger partial charge in [0.2, 0.25) is 5.91 Å². The summed E-state index contributed by atoms with van der Waals surface area (Å²) in [5, 5.41) is 6.28. The number of carbonyl (C=O) groups is 1. The van der Waals surface area contributed by atoms with Gasteiger partial charge in [0, 0.05) is 12.1 Å². The van der Waals surface area contributed by atoms with Crippen LogP contribution in [-0.4, -0.2) is 32.2 Å². The van der Waals surface area contributed by atoms with Crippen molar-refractivity contribution in [1.82, 2.24) is 5.32 Å². The predicted molar refractivity (Wildman–Crippen MR) is 83.0 cm³/mol. The third-order valence-electron chi connectivity index (χ3n) is 3.87. The summed E-state index contributed by atoms with van der Waals surface area (Å²) < 4.78 is 10.5. The van der Waals surface area contributed by atoms with Crippen LogP contribution in [0.2, 0.25) is 0 Å². The van der Waals surface area contributed by atoms with Gasteiger partial charge in [-0.25, -0.2) is 0 Å². The van der Waals surface area contributed by atoms with E-state index in [0.717, 1.165) is 24.3 Å². The molecule has 2 rings (SSSR count). The zero-order valence-electron chi connectivity index (χ0n) is 12.9. The molecule has 5 nitrogen and oxygen atoms in total. The Morgan fingerprint density at radius 2 is 1.95 bits per heavy atom. The van der Waals surface area contributed by atoms with Crippen molar-refractivity contribution in [2.24, 2.45) is 0 Å². The molecule has 1 atom stereocenters. The fraction of sp³-hybridized carbons (Fsp3) is 0.562. The van der Waals surface area contributed by atoms with Crippen molar-refractivity contribution < 1.29 is 14.3 Å². The smallest absolute Gasteiger partial charge is 0.242 e. The van der Waals surface area contributed by atoms with Gasteiger partial charge in [-0.15, -0.1) is 0 Å². The Balaban J connectivity index is 2.00. The van der Waals surface area contributed by atoms with Gasteiger partial charge in [0.1, 0.15) is 17.5 Å². The second kappa shape index (κ2) is 7.20. The molecule has 5 heteroatoms. The summed E-state index contributed by atoms with van der Waals surface area (Å²) in [6, 6.07) is 5.48. The van der Waals surface area contributed by atoms with Gasteiger partial charge in [0.25, 0.3) is 0 Å². The Labute approximate surface area is 126 Å². The number of carbonyl (C=O) groups excluding carboxylic acids is 1. The van der Waals surface area contributed by atoms with Gasteiger partial charge in [-0.1, -0.05) is 12.8 Å². The van der Waals surface area contributed by atoms with Crippen LogP contribution in [0, 0.1) is 0 Å². The minimum atomic E-state index is -0.327. The molecule has 1 aliphatic carbocycles. The third kappa shape index (κ3) is 4.03. The number of hydrogen-bond donors (Lipinski definition) is 2. The maximum absolute atomic E-state index is 12.2. The fourth-order valence-corrected chi connectivity index (χ4v) is 2.62. The van der Waals surface area contributed by atoms with Crippen molar-refractivity contribution in [2.45, 2.75) is 44.7 Å². The molecule has 2 N–H and O–H groups in total. The minimum absolute atomic E-state index is 0.0202. The van der Waals surface area contributed by atoms with Crippen molar-refractivity contribution >= 4 is 11.6 Å². The fourth-order valence-electron chi connectivity index (χ4n) is 2.62. The first-order valence-electron chi connectivity index (χ1n) is 7.43. The van der Waals surface area contributed by atoms with E-state index >= 15 is 0 Å². The molecule has 1 unspecified atom stereocenters. The predicted octanol–water partition coefficient (Wildman–Crippen LogP) is 2.56. The van der Waals surface area contributed by atoms with E-state index in [1.807, 2.05) is 25.1 Å². The monoisotopic (exact) mass is 292 g/mol. The van der Waals surface area contributed by atoms with E-state index in [0.29, 0.717) is 11.8 Å². The maximum Gasteiger partial charge on any atom is 0.242 e. The highest BCUT2D eigenvalue weighted by Crippen LogP contribution is 2.29. The molecule has 116 valence electrons. The summed E-state index contributed by atoms with van der Waals surface area (Å²) in [5.74, 6) is 1.43. The molecule has 1 aromatic carbocycles. The first-order chi connectivity index (χ1) is 10.1. The summed E-state index contributed by atoms with van der Waals surface area (Å²) in [5.41, 5.74) is 0.755. The number of amides is 1. The highest BCUT2D eigenvalue weighted by atomic mass is 16.5. The largest absolute Gasteiger partial charge is 0.497 e. The molecule has 0 aromatic heterocycles. The lowest BCUT2D eigenvalue weighted by Gasteiger charge is -2.20. The quantitative estimate of drug-likeness (QED) is 0.846. The van der Waals surface area contributed by atoms with Gasteiger partial charge in [-0.2, -0.15) is 0 Å². The SMILES string of the molecule is COc1ccc(OC)c(NC(C)C(=O)NC2CCCC2)c1. The zero-order chi connectivity index (χ0) is 15.2. The number of rotatable bonds is 6. The van der Waals surface area contributed by atoms with Crippen LogP contribution in [-0.2, 0) is 4.79 Å².